The van der Waals surface area contributed by atoms with Gasteiger partial charge in [0.1, 0.15) is 11.6 Å². The first kappa shape index (κ1) is 15.8. The van der Waals surface area contributed by atoms with Crippen LogP contribution in [0.25, 0.3) is 22.2 Å². The summed E-state index contributed by atoms with van der Waals surface area (Å²) in [5, 5.41) is 20.1. The Balaban J connectivity index is 1.76. The molecule has 4 rings (SSSR count). The van der Waals surface area contributed by atoms with Crippen LogP contribution in [0, 0.1) is 5.82 Å². The topological polar surface area (TPSA) is 113 Å². The molecular weight excluding hydrogens is 323 g/mol. The largest absolute Gasteiger partial charge is 0.393 e. The molecule has 2 aromatic heterocycles. The van der Waals surface area contributed by atoms with Crippen molar-refractivity contribution in [1.82, 2.24) is 20.2 Å². The van der Waals surface area contributed by atoms with Gasteiger partial charge in [0.2, 0.25) is 5.95 Å². The molecule has 7 nitrogen and oxygen atoms in total. The normalized spacial score (nSPS) is 20.7. The summed E-state index contributed by atoms with van der Waals surface area (Å²) in [4.78, 5) is 8.37. The second-order valence-electron chi connectivity index (χ2n) is 6.41. The van der Waals surface area contributed by atoms with Crippen LogP contribution in [0.3, 0.4) is 0 Å². The molecule has 1 saturated carbocycles. The van der Waals surface area contributed by atoms with Gasteiger partial charge in [-0.1, -0.05) is 0 Å². The predicted molar refractivity (Wildman–Crippen MR) is 93.4 cm³/mol. The maximum absolute atomic E-state index is 14.8. The van der Waals surface area contributed by atoms with E-state index in [2.05, 4.69) is 25.5 Å². The number of aromatic nitrogens is 4. The number of nitrogens with one attached hydrogen (secondary N) is 2. The van der Waals surface area contributed by atoms with Crippen molar-refractivity contribution in [3.63, 3.8) is 0 Å². The zero-order valence-corrected chi connectivity index (χ0v) is 13.5. The number of aromatic amines is 1. The number of nitrogens with two attached hydrogens (primary N) is 1. The van der Waals surface area contributed by atoms with E-state index >= 15 is 0 Å². The number of nitrogen functional groups attached to an aromatic ring is 1. The van der Waals surface area contributed by atoms with E-state index in [9.17, 15) is 9.50 Å². The number of fused-ring (bicyclic) bond motifs is 1. The van der Waals surface area contributed by atoms with E-state index in [0.29, 0.717) is 34.4 Å². The summed E-state index contributed by atoms with van der Waals surface area (Å²) in [7, 11) is 0. The highest BCUT2D eigenvalue weighted by atomic mass is 19.1. The molecule has 0 unspecified atom stereocenters. The number of aliphatic hydroxyl groups is 1. The minimum Gasteiger partial charge on any atom is -0.393 e. The Morgan fingerprint density at radius 2 is 2.16 bits per heavy atom. The van der Waals surface area contributed by atoms with Gasteiger partial charge in [0.25, 0.3) is 0 Å². The Bertz CT molecular complexity index is 898. The molecule has 25 heavy (non-hydrogen) atoms. The quantitative estimate of drug-likeness (QED) is 0.581. The van der Waals surface area contributed by atoms with Gasteiger partial charge in [-0.15, -0.1) is 0 Å². The van der Waals surface area contributed by atoms with Crippen LogP contribution in [-0.2, 0) is 0 Å². The van der Waals surface area contributed by atoms with Crippen LogP contribution in [0.15, 0.2) is 24.4 Å². The van der Waals surface area contributed by atoms with Gasteiger partial charge in [-0.25, -0.2) is 9.37 Å². The molecule has 8 heteroatoms. The van der Waals surface area contributed by atoms with E-state index in [0.717, 1.165) is 19.3 Å². The van der Waals surface area contributed by atoms with E-state index < -0.39 is 5.82 Å². The Hall–Kier alpha value is -2.74. The Kier molecular flexibility index (Phi) is 3.96. The fraction of sp³-hybridized carbons (Fsp3) is 0.353. The summed E-state index contributed by atoms with van der Waals surface area (Å²) in [5.41, 5.74) is 7.58. The van der Waals surface area contributed by atoms with Crippen LogP contribution in [0.1, 0.15) is 25.7 Å². The number of H-pyrrole nitrogens is 1. The molecule has 1 aliphatic rings. The van der Waals surface area contributed by atoms with Gasteiger partial charge in [0, 0.05) is 17.8 Å². The van der Waals surface area contributed by atoms with Crippen molar-refractivity contribution < 1.29 is 9.50 Å². The van der Waals surface area contributed by atoms with E-state index in [4.69, 9.17) is 5.73 Å². The maximum atomic E-state index is 14.8. The summed E-state index contributed by atoms with van der Waals surface area (Å²) in [6.07, 6.45) is 4.49. The number of hydrogen-bond acceptors (Lipinski definition) is 6. The van der Waals surface area contributed by atoms with Crippen LogP contribution in [0.2, 0.25) is 0 Å². The summed E-state index contributed by atoms with van der Waals surface area (Å²) in [5.74, 6) is 0.0173. The van der Waals surface area contributed by atoms with Crippen molar-refractivity contribution in [2.75, 3.05) is 11.1 Å². The van der Waals surface area contributed by atoms with Crippen LogP contribution in [0.5, 0.6) is 0 Å². The van der Waals surface area contributed by atoms with Crippen LogP contribution >= 0.6 is 0 Å². The fourth-order valence-electron chi connectivity index (χ4n) is 3.40. The Morgan fingerprint density at radius 3 is 2.92 bits per heavy atom. The van der Waals surface area contributed by atoms with Gasteiger partial charge in [-0.2, -0.15) is 10.1 Å². The average Bonchev–Trinajstić information content (AvgIpc) is 3.08. The van der Waals surface area contributed by atoms with Crippen molar-refractivity contribution in [1.29, 1.82) is 0 Å². The second kappa shape index (κ2) is 6.29. The van der Waals surface area contributed by atoms with Crippen molar-refractivity contribution in [3.05, 3.63) is 30.2 Å². The van der Waals surface area contributed by atoms with Crippen molar-refractivity contribution in [2.45, 2.75) is 37.8 Å². The molecule has 0 aliphatic heterocycles. The highest BCUT2D eigenvalue weighted by molar-refractivity contribution is 5.93. The molecule has 3 aromatic rings. The zero-order chi connectivity index (χ0) is 17.4. The highest BCUT2D eigenvalue weighted by Crippen LogP contribution is 2.31. The molecule has 1 fully saturated rings. The molecule has 2 heterocycles. The zero-order valence-electron chi connectivity index (χ0n) is 13.5. The lowest BCUT2D eigenvalue weighted by Gasteiger charge is -2.27. The number of halogens is 1. The number of nitrogens with zero attached hydrogens (tertiary/aromatic N) is 3. The Labute approximate surface area is 143 Å². The first-order valence-electron chi connectivity index (χ1n) is 8.31. The van der Waals surface area contributed by atoms with Crippen molar-refractivity contribution in [2.24, 2.45) is 0 Å². The van der Waals surface area contributed by atoms with Crippen LogP contribution < -0.4 is 11.1 Å². The van der Waals surface area contributed by atoms with E-state index in [-0.39, 0.29) is 18.1 Å². The minimum atomic E-state index is -0.430. The third-order valence-corrected chi connectivity index (χ3v) is 4.57. The molecular formula is C17H19FN6O. The Morgan fingerprint density at radius 1 is 1.28 bits per heavy atom. The molecule has 2 atom stereocenters. The van der Waals surface area contributed by atoms with Gasteiger partial charge in [0.05, 0.1) is 22.7 Å². The number of hydrogen-bond donors (Lipinski definition) is 4. The number of rotatable bonds is 3. The summed E-state index contributed by atoms with van der Waals surface area (Å²) in [6, 6.07) is 4.97. The average molecular weight is 342 g/mol. The second-order valence-corrected chi connectivity index (χ2v) is 6.41. The summed E-state index contributed by atoms with van der Waals surface area (Å²) < 4.78 is 14.8. The standard InChI is InChI=1S/C17H19FN6O/c18-12-6-9(13-4-5-20-24-13)7-14-15(12)16(23-17(19)22-14)21-10-2-1-3-11(25)8-10/h4-7,10-11,25H,1-3,8H2,(H,20,24)(H3,19,21,22,23)/t10-,11+/m1/s1. The van der Waals surface area contributed by atoms with Crippen molar-refractivity contribution in [3.8, 4) is 11.3 Å². The molecule has 0 amide bonds. The smallest absolute Gasteiger partial charge is 0.222 e. The lowest BCUT2D eigenvalue weighted by atomic mass is 9.93. The first-order chi connectivity index (χ1) is 12.1. The number of benzene rings is 1. The molecule has 1 aromatic carbocycles. The molecule has 5 N–H and O–H groups in total. The predicted octanol–water partition coefficient (Wildman–Crippen LogP) is 2.46. The molecule has 130 valence electrons. The van der Waals surface area contributed by atoms with Gasteiger partial charge in [-0.05, 0) is 43.9 Å². The van der Waals surface area contributed by atoms with Crippen LogP contribution in [0.4, 0.5) is 16.2 Å². The fourth-order valence-corrected chi connectivity index (χ4v) is 3.40. The van der Waals surface area contributed by atoms with Gasteiger partial charge in [0.15, 0.2) is 0 Å². The third kappa shape index (κ3) is 3.12. The number of aliphatic hydroxyl groups excluding tert-OH is 1. The lowest BCUT2D eigenvalue weighted by Crippen LogP contribution is -2.30. The highest BCUT2D eigenvalue weighted by Gasteiger charge is 2.22. The van der Waals surface area contributed by atoms with E-state index in [1.807, 2.05) is 0 Å². The maximum Gasteiger partial charge on any atom is 0.222 e. The monoisotopic (exact) mass is 342 g/mol. The van der Waals surface area contributed by atoms with Gasteiger partial charge < -0.3 is 16.2 Å². The molecule has 0 spiro atoms. The van der Waals surface area contributed by atoms with E-state index in [1.54, 1.807) is 18.3 Å². The molecule has 0 saturated heterocycles. The molecule has 1 aliphatic carbocycles. The molecule has 0 bridgehead atoms. The van der Waals surface area contributed by atoms with Crippen LogP contribution in [-0.4, -0.2) is 37.4 Å². The number of anilines is 2. The first-order valence-corrected chi connectivity index (χ1v) is 8.31. The van der Waals surface area contributed by atoms with Crippen molar-refractivity contribution >= 4 is 22.7 Å². The van der Waals surface area contributed by atoms with E-state index in [1.165, 1.54) is 6.07 Å². The summed E-state index contributed by atoms with van der Waals surface area (Å²) >= 11 is 0. The SMILES string of the molecule is Nc1nc(N[C@@H]2CCC[C@H](O)C2)c2c(F)cc(-c3ccn[nH]3)cc2n1. The minimum absolute atomic E-state index is 0.0351. The van der Waals surface area contributed by atoms with Gasteiger partial charge in [-0.3, -0.25) is 5.10 Å². The molecule has 0 radical (unpaired) electrons. The third-order valence-electron chi connectivity index (χ3n) is 4.57. The lowest BCUT2D eigenvalue weighted by molar-refractivity contribution is 0.124. The van der Waals surface area contributed by atoms with Gasteiger partial charge >= 0.3 is 0 Å². The summed E-state index contributed by atoms with van der Waals surface area (Å²) in [6.45, 7) is 0.